The van der Waals surface area contributed by atoms with Crippen LogP contribution in [0.25, 0.3) is 0 Å². The number of halogens is 4. The lowest BCUT2D eigenvalue weighted by Gasteiger charge is -2.41. The van der Waals surface area contributed by atoms with E-state index in [0.717, 1.165) is 0 Å². The molecule has 0 N–H and O–H groups in total. The molecule has 2 rings (SSSR count). The minimum absolute atomic E-state index is 0.253. The molecule has 1 fully saturated rings. The van der Waals surface area contributed by atoms with E-state index in [1.54, 1.807) is 20.2 Å². The molecule has 2 heterocycles. The summed E-state index contributed by atoms with van der Waals surface area (Å²) in [4.78, 5) is 15.1. The topological polar surface area (TPSA) is 41.4 Å². The third kappa shape index (κ3) is 3.76. The van der Waals surface area contributed by atoms with Crippen LogP contribution in [0, 0.1) is 0 Å². The van der Waals surface area contributed by atoms with Crippen molar-refractivity contribution < 1.29 is 13.2 Å². The molecular weight excluding hydrogens is 353 g/mol. The highest BCUT2D eigenvalue weighted by molar-refractivity contribution is 9.10. The summed E-state index contributed by atoms with van der Waals surface area (Å²) in [5.41, 5.74) is 0.356. The molecule has 1 aliphatic rings. The number of hydrogen-bond donors (Lipinski definition) is 0. The molecule has 1 aromatic heterocycles. The lowest BCUT2D eigenvalue weighted by atomic mass is 10.2. The summed E-state index contributed by atoms with van der Waals surface area (Å²) in [6, 6.07) is -0.253. The predicted octanol–water partition coefficient (Wildman–Crippen LogP) is 1.62. The summed E-state index contributed by atoms with van der Waals surface area (Å²) < 4.78 is 39.0. The molecule has 1 saturated heterocycles. The third-order valence-corrected chi connectivity index (χ3v) is 4.29. The van der Waals surface area contributed by atoms with Gasteiger partial charge < -0.3 is 4.90 Å². The quantitative estimate of drug-likeness (QED) is 0.795. The predicted molar refractivity (Wildman–Crippen MR) is 76.5 cm³/mol. The number of anilines is 1. The SMILES string of the molecule is CC1CN(c2cnn(C)c(=O)c2Br)CCN1CC(F)(F)F. The van der Waals surface area contributed by atoms with Crippen molar-refractivity contribution in [2.45, 2.75) is 19.1 Å². The van der Waals surface area contributed by atoms with Gasteiger partial charge in [0, 0.05) is 32.7 Å². The van der Waals surface area contributed by atoms with E-state index in [0.29, 0.717) is 29.8 Å². The van der Waals surface area contributed by atoms with Crippen LogP contribution in [0.5, 0.6) is 0 Å². The van der Waals surface area contributed by atoms with Gasteiger partial charge in [0.05, 0.1) is 18.4 Å². The van der Waals surface area contributed by atoms with Gasteiger partial charge in [-0.1, -0.05) is 0 Å². The second-order valence-electron chi connectivity index (χ2n) is 5.15. The minimum atomic E-state index is -4.19. The van der Waals surface area contributed by atoms with Crippen molar-refractivity contribution in [1.82, 2.24) is 14.7 Å². The standard InChI is InChI=1S/C12H16BrF3N4O/c1-8-6-19(3-4-20(8)7-12(14,15)16)9-5-17-18(2)11(21)10(9)13/h5,8H,3-4,6-7H2,1-2H3. The van der Waals surface area contributed by atoms with E-state index >= 15 is 0 Å². The van der Waals surface area contributed by atoms with Gasteiger partial charge >= 0.3 is 6.18 Å². The summed E-state index contributed by atoms with van der Waals surface area (Å²) in [5.74, 6) is 0. The van der Waals surface area contributed by atoms with E-state index in [4.69, 9.17) is 0 Å². The molecule has 0 aliphatic carbocycles. The summed E-state index contributed by atoms with van der Waals surface area (Å²) >= 11 is 3.24. The Morgan fingerprint density at radius 1 is 1.43 bits per heavy atom. The molecule has 1 atom stereocenters. The molecule has 0 radical (unpaired) electrons. The number of rotatable bonds is 2. The van der Waals surface area contributed by atoms with E-state index in [2.05, 4.69) is 21.0 Å². The van der Waals surface area contributed by atoms with Crippen molar-refractivity contribution in [3.05, 3.63) is 21.0 Å². The summed E-state index contributed by atoms with van der Waals surface area (Å²) in [6.07, 6.45) is -2.64. The fourth-order valence-electron chi connectivity index (χ4n) is 2.40. The van der Waals surface area contributed by atoms with Gasteiger partial charge in [0.2, 0.25) is 0 Å². The van der Waals surface area contributed by atoms with Crippen molar-refractivity contribution >= 4 is 21.6 Å². The van der Waals surface area contributed by atoms with Gasteiger partial charge in [-0.25, -0.2) is 4.68 Å². The van der Waals surface area contributed by atoms with Crippen molar-refractivity contribution in [3.8, 4) is 0 Å². The third-order valence-electron chi connectivity index (χ3n) is 3.55. The molecule has 0 bridgehead atoms. The fraction of sp³-hybridized carbons (Fsp3) is 0.667. The minimum Gasteiger partial charge on any atom is -0.366 e. The second kappa shape index (κ2) is 5.96. The Labute approximate surface area is 128 Å². The summed E-state index contributed by atoms with van der Waals surface area (Å²) in [6.45, 7) is 1.98. The van der Waals surface area contributed by atoms with Crippen LogP contribution < -0.4 is 10.5 Å². The Kier molecular flexibility index (Phi) is 4.62. The molecule has 0 saturated carbocycles. The zero-order valence-corrected chi connectivity index (χ0v) is 13.3. The van der Waals surface area contributed by atoms with Crippen LogP contribution in [0.15, 0.2) is 15.5 Å². The van der Waals surface area contributed by atoms with E-state index < -0.39 is 12.7 Å². The molecular formula is C12H16BrF3N4O. The normalized spacial score (nSPS) is 20.9. The van der Waals surface area contributed by atoms with Gasteiger partial charge in [0.15, 0.2) is 0 Å². The second-order valence-corrected chi connectivity index (χ2v) is 5.95. The van der Waals surface area contributed by atoms with Crippen LogP contribution in [-0.4, -0.2) is 53.1 Å². The zero-order valence-electron chi connectivity index (χ0n) is 11.7. The van der Waals surface area contributed by atoms with Gasteiger partial charge in [0.1, 0.15) is 4.47 Å². The number of piperazine rings is 1. The van der Waals surface area contributed by atoms with Crippen LogP contribution in [0.3, 0.4) is 0 Å². The molecule has 1 unspecified atom stereocenters. The number of alkyl halides is 3. The first-order valence-corrected chi connectivity index (χ1v) is 7.26. The Hall–Kier alpha value is -1.09. The molecule has 5 nitrogen and oxygen atoms in total. The van der Waals surface area contributed by atoms with Crippen molar-refractivity contribution in [3.63, 3.8) is 0 Å². The zero-order chi connectivity index (χ0) is 15.8. The molecule has 1 aliphatic heterocycles. The number of aryl methyl sites for hydroxylation is 1. The highest BCUT2D eigenvalue weighted by Crippen LogP contribution is 2.26. The molecule has 21 heavy (non-hydrogen) atoms. The number of hydrogen-bond acceptors (Lipinski definition) is 4. The smallest absolute Gasteiger partial charge is 0.366 e. The molecule has 0 aromatic carbocycles. The van der Waals surface area contributed by atoms with E-state index in [9.17, 15) is 18.0 Å². The first kappa shape index (κ1) is 16.3. The van der Waals surface area contributed by atoms with Crippen LogP contribution in [0.4, 0.5) is 18.9 Å². The number of nitrogens with zero attached hydrogens (tertiary/aromatic N) is 4. The van der Waals surface area contributed by atoms with Gasteiger partial charge in [-0.15, -0.1) is 0 Å². The van der Waals surface area contributed by atoms with Crippen LogP contribution in [-0.2, 0) is 7.05 Å². The van der Waals surface area contributed by atoms with E-state index in [1.165, 1.54) is 9.58 Å². The lowest BCUT2D eigenvalue weighted by Crippen LogP contribution is -2.54. The molecule has 0 spiro atoms. The maximum atomic E-state index is 12.5. The van der Waals surface area contributed by atoms with Crippen molar-refractivity contribution in [1.29, 1.82) is 0 Å². The Balaban J connectivity index is 2.13. The average molecular weight is 369 g/mol. The van der Waals surface area contributed by atoms with E-state index in [-0.39, 0.29) is 11.6 Å². The van der Waals surface area contributed by atoms with Gasteiger partial charge in [-0.3, -0.25) is 9.69 Å². The molecule has 1 aromatic rings. The van der Waals surface area contributed by atoms with Gasteiger partial charge in [0.25, 0.3) is 5.56 Å². The molecule has 0 amide bonds. The highest BCUT2D eigenvalue weighted by Gasteiger charge is 2.35. The highest BCUT2D eigenvalue weighted by atomic mass is 79.9. The van der Waals surface area contributed by atoms with Crippen molar-refractivity contribution in [2.75, 3.05) is 31.1 Å². The lowest BCUT2D eigenvalue weighted by molar-refractivity contribution is -0.150. The molecule has 118 valence electrons. The van der Waals surface area contributed by atoms with E-state index in [1.807, 2.05) is 4.90 Å². The Morgan fingerprint density at radius 2 is 2.10 bits per heavy atom. The first-order chi connectivity index (χ1) is 9.69. The van der Waals surface area contributed by atoms with Gasteiger partial charge in [-0.2, -0.15) is 18.3 Å². The Morgan fingerprint density at radius 3 is 2.67 bits per heavy atom. The summed E-state index contributed by atoms with van der Waals surface area (Å²) in [5, 5.41) is 3.96. The Bertz CT molecular complexity index is 575. The fourth-order valence-corrected chi connectivity index (χ4v) is 3.01. The largest absolute Gasteiger partial charge is 0.401 e. The maximum Gasteiger partial charge on any atom is 0.401 e. The number of aromatic nitrogens is 2. The maximum absolute atomic E-state index is 12.5. The summed E-state index contributed by atoms with van der Waals surface area (Å²) in [7, 11) is 1.54. The average Bonchev–Trinajstić information content (AvgIpc) is 2.37. The van der Waals surface area contributed by atoms with Gasteiger partial charge in [-0.05, 0) is 22.9 Å². The van der Waals surface area contributed by atoms with Crippen molar-refractivity contribution in [2.24, 2.45) is 7.05 Å². The monoisotopic (exact) mass is 368 g/mol. The van der Waals surface area contributed by atoms with Crippen LogP contribution in [0.1, 0.15) is 6.92 Å². The molecule has 9 heteroatoms. The van der Waals surface area contributed by atoms with Crippen LogP contribution in [0.2, 0.25) is 0 Å². The van der Waals surface area contributed by atoms with Crippen LogP contribution >= 0.6 is 15.9 Å². The first-order valence-electron chi connectivity index (χ1n) is 6.46.